The third-order valence-electron chi connectivity index (χ3n) is 3.58. The molecule has 0 aliphatic rings. The molecule has 26 heavy (non-hydrogen) atoms. The Kier molecular flexibility index (Phi) is 5.38. The maximum absolute atomic E-state index is 12.9. The molecule has 7 heteroatoms. The highest BCUT2D eigenvalue weighted by molar-refractivity contribution is 5.96. The van der Waals surface area contributed by atoms with E-state index in [-0.39, 0.29) is 30.3 Å². The fraction of sp³-hybridized carbons (Fsp3) is 0.105. The van der Waals surface area contributed by atoms with Crippen molar-refractivity contribution in [1.82, 2.24) is 15.6 Å². The van der Waals surface area contributed by atoms with Crippen LogP contribution in [0.5, 0.6) is 0 Å². The van der Waals surface area contributed by atoms with Gasteiger partial charge in [0.15, 0.2) is 0 Å². The summed E-state index contributed by atoms with van der Waals surface area (Å²) >= 11 is 0. The van der Waals surface area contributed by atoms with Gasteiger partial charge in [-0.2, -0.15) is 0 Å². The van der Waals surface area contributed by atoms with Crippen molar-refractivity contribution >= 4 is 11.8 Å². The van der Waals surface area contributed by atoms with E-state index in [4.69, 9.17) is 4.42 Å². The number of amides is 2. The number of hydrogen-bond acceptors (Lipinski definition) is 4. The van der Waals surface area contributed by atoms with Crippen LogP contribution in [0.15, 0.2) is 65.3 Å². The molecule has 0 unspecified atom stereocenters. The molecule has 0 aliphatic carbocycles. The number of nitrogens with one attached hydrogen (secondary N) is 2. The van der Waals surface area contributed by atoms with Gasteiger partial charge in [0.1, 0.15) is 23.0 Å². The number of benzene rings is 1. The van der Waals surface area contributed by atoms with Crippen LogP contribution in [0.25, 0.3) is 0 Å². The summed E-state index contributed by atoms with van der Waals surface area (Å²) in [7, 11) is 0. The van der Waals surface area contributed by atoms with Gasteiger partial charge in [0.25, 0.3) is 11.8 Å². The topological polar surface area (TPSA) is 84.2 Å². The standard InChI is InChI=1S/C19H16FN3O3/c20-14-8-6-13(7-9-14)11-21-18(24)16-4-1-5-17(23-16)19(25)22-12-15-3-2-10-26-15/h1-10H,11-12H2,(H,21,24)(H,22,25). The normalized spacial score (nSPS) is 10.3. The van der Waals surface area contributed by atoms with Crippen molar-refractivity contribution in [2.24, 2.45) is 0 Å². The minimum absolute atomic E-state index is 0.123. The first-order chi connectivity index (χ1) is 12.6. The van der Waals surface area contributed by atoms with E-state index >= 15 is 0 Å². The van der Waals surface area contributed by atoms with Crippen molar-refractivity contribution in [3.8, 4) is 0 Å². The van der Waals surface area contributed by atoms with Crippen LogP contribution in [-0.4, -0.2) is 16.8 Å². The number of carbonyl (C=O) groups is 2. The molecular weight excluding hydrogens is 337 g/mol. The van der Waals surface area contributed by atoms with Crippen molar-refractivity contribution in [2.45, 2.75) is 13.1 Å². The van der Waals surface area contributed by atoms with E-state index in [0.29, 0.717) is 5.76 Å². The maximum atomic E-state index is 12.9. The third kappa shape index (κ3) is 4.54. The molecular formula is C19H16FN3O3. The van der Waals surface area contributed by atoms with Crippen LogP contribution in [0, 0.1) is 5.82 Å². The van der Waals surface area contributed by atoms with Gasteiger partial charge in [-0.05, 0) is 42.0 Å². The zero-order valence-electron chi connectivity index (χ0n) is 13.7. The van der Waals surface area contributed by atoms with Gasteiger partial charge in [-0.25, -0.2) is 9.37 Å². The second-order valence-corrected chi connectivity index (χ2v) is 5.48. The zero-order chi connectivity index (χ0) is 18.4. The van der Waals surface area contributed by atoms with E-state index in [0.717, 1.165) is 5.56 Å². The minimum atomic E-state index is -0.421. The van der Waals surface area contributed by atoms with Gasteiger partial charge in [0.05, 0.1) is 12.8 Å². The van der Waals surface area contributed by atoms with Crippen LogP contribution in [0.1, 0.15) is 32.3 Å². The van der Waals surface area contributed by atoms with Crippen LogP contribution in [0.4, 0.5) is 4.39 Å². The highest BCUT2D eigenvalue weighted by atomic mass is 19.1. The molecule has 0 saturated heterocycles. The lowest BCUT2D eigenvalue weighted by Gasteiger charge is -2.07. The summed E-state index contributed by atoms with van der Waals surface area (Å²) in [4.78, 5) is 28.4. The van der Waals surface area contributed by atoms with Crippen molar-refractivity contribution < 1.29 is 18.4 Å². The van der Waals surface area contributed by atoms with Gasteiger partial charge >= 0.3 is 0 Å². The highest BCUT2D eigenvalue weighted by Crippen LogP contribution is 2.05. The van der Waals surface area contributed by atoms with Gasteiger partial charge in [0, 0.05) is 6.54 Å². The van der Waals surface area contributed by atoms with Gasteiger partial charge in [0.2, 0.25) is 0 Å². The predicted molar refractivity (Wildman–Crippen MR) is 91.7 cm³/mol. The van der Waals surface area contributed by atoms with Crippen molar-refractivity contribution in [1.29, 1.82) is 0 Å². The predicted octanol–water partition coefficient (Wildman–Crippen LogP) is 2.67. The molecule has 0 fully saturated rings. The van der Waals surface area contributed by atoms with E-state index < -0.39 is 11.8 Å². The molecule has 3 rings (SSSR count). The molecule has 2 heterocycles. The minimum Gasteiger partial charge on any atom is -0.467 e. The first-order valence-corrected chi connectivity index (χ1v) is 7.92. The summed E-state index contributed by atoms with van der Waals surface area (Å²) in [5.74, 6) is -0.550. The largest absolute Gasteiger partial charge is 0.467 e. The van der Waals surface area contributed by atoms with Crippen molar-refractivity contribution in [2.75, 3.05) is 0 Å². The highest BCUT2D eigenvalue weighted by Gasteiger charge is 2.12. The summed E-state index contributed by atoms with van der Waals surface area (Å²) in [6.07, 6.45) is 1.52. The molecule has 0 saturated carbocycles. The number of aromatic nitrogens is 1. The maximum Gasteiger partial charge on any atom is 0.270 e. The average molecular weight is 353 g/mol. The van der Waals surface area contributed by atoms with Gasteiger partial charge in [-0.3, -0.25) is 9.59 Å². The number of hydrogen-bond donors (Lipinski definition) is 2. The lowest BCUT2D eigenvalue weighted by molar-refractivity contribution is 0.0939. The quantitative estimate of drug-likeness (QED) is 0.714. The molecule has 0 bridgehead atoms. The van der Waals surface area contributed by atoms with E-state index in [1.54, 1.807) is 30.3 Å². The lowest BCUT2D eigenvalue weighted by Crippen LogP contribution is -2.27. The monoisotopic (exact) mass is 353 g/mol. The first-order valence-electron chi connectivity index (χ1n) is 7.92. The summed E-state index contributed by atoms with van der Waals surface area (Å²) in [5.41, 5.74) is 1.01. The van der Waals surface area contributed by atoms with Crippen LogP contribution < -0.4 is 10.6 Å². The fourth-order valence-corrected chi connectivity index (χ4v) is 2.23. The van der Waals surface area contributed by atoms with Crippen LogP contribution in [-0.2, 0) is 13.1 Å². The second-order valence-electron chi connectivity index (χ2n) is 5.48. The molecule has 0 atom stereocenters. The molecule has 132 valence electrons. The smallest absolute Gasteiger partial charge is 0.270 e. The van der Waals surface area contributed by atoms with Crippen LogP contribution in [0.2, 0.25) is 0 Å². The molecule has 0 radical (unpaired) electrons. The summed E-state index contributed by atoms with van der Waals surface area (Å²) < 4.78 is 18.0. The van der Waals surface area contributed by atoms with Crippen molar-refractivity contribution in [3.05, 3.63) is 89.4 Å². The number of rotatable bonds is 6. The Hall–Kier alpha value is -3.48. The average Bonchev–Trinajstić information content (AvgIpc) is 3.19. The zero-order valence-corrected chi connectivity index (χ0v) is 13.7. The molecule has 2 aromatic heterocycles. The Morgan fingerprint density at radius 3 is 2.15 bits per heavy atom. The second kappa shape index (κ2) is 8.06. The van der Waals surface area contributed by atoms with Crippen molar-refractivity contribution in [3.63, 3.8) is 0 Å². The summed E-state index contributed by atoms with van der Waals surface area (Å²) in [5, 5.41) is 5.35. The Balaban J connectivity index is 1.59. The van der Waals surface area contributed by atoms with Gasteiger partial charge in [-0.15, -0.1) is 0 Å². The van der Waals surface area contributed by atoms with E-state index in [9.17, 15) is 14.0 Å². The molecule has 6 nitrogen and oxygen atoms in total. The van der Waals surface area contributed by atoms with Gasteiger partial charge in [-0.1, -0.05) is 18.2 Å². The molecule has 3 aromatic rings. The van der Waals surface area contributed by atoms with Crippen LogP contribution in [0.3, 0.4) is 0 Å². The number of carbonyl (C=O) groups excluding carboxylic acids is 2. The SMILES string of the molecule is O=C(NCc1ccc(F)cc1)c1cccc(C(=O)NCc2ccco2)n1. The molecule has 0 aliphatic heterocycles. The third-order valence-corrected chi connectivity index (χ3v) is 3.58. The fourth-order valence-electron chi connectivity index (χ4n) is 2.23. The molecule has 2 amide bonds. The van der Waals surface area contributed by atoms with Gasteiger partial charge < -0.3 is 15.1 Å². The number of nitrogens with zero attached hydrogens (tertiary/aromatic N) is 1. The molecule has 0 spiro atoms. The van der Waals surface area contributed by atoms with E-state index in [1.165, 1.54) is 30.5 Å². The molecule has 1 aromatic carbocycles. The Morgan fingerprint density at radius 2 is 1.54 bits per heavy atom. The number of furan rings is 1. The van der Waals surface area contributed by atoms with Crippen LogP contribution >= 0.6 is 0 Å². The Morgan fingerprint density at radius 1 is 0.885 bits per heavy atom. The summed E-state index contributed by atoms with van der Waals surface area (Å²) in [6.45, 7) is 0.463. The molecule has 2 N–H and O–H groups in total. The first kappa shape index (κ1) is 17.3. The Labute approximate surface area is 149 Å². The summed E-state index contributed by atoms with van der Waals surface area (Å²) in [6, 6.07) is 13.9. The Bertz CT molecular complexity index is 893. The lowest BCUT2D eigenvalue weighted by atomic mass is 10.2. The van der Waals surface area contributed by atoms with E-state index in [2.05, 4.69) is 15.6 Å². The number of pyridine rings is 1. The van der Waals surface area contributed by atoms with E-state index in [1.807, 2.05) is 0 Å². The number of halogens is 1.